The second-order valence-electron chi connectivity index (χ2n) is 6.61. The number of fused-ring (bicyclic) bond motifs is 2. The van der Waals surface area contributed by atoms with E-state index < -0.39 is 5.97 Å². The Hall–Kier alpha value is -2.53. The molecule has 0 amide bonds. The average Bonchev–Trinajstić information content (AvgIpc) is 3.27. The van der Waals surface area contributed by atoms with Crippen LogP contribution < -0.4 is 9.47 Å². The van der Waals surface area contributed by atoms with E-state index in [1.807, 2.05) is 30.3 Å². The van der Waals surface area contributed by atoms with E-state index in [-0.39, 0.29) is 12.7 Å². The first-order valence-electron chi connectivity index (χ1n) is 8.71. The van der Waals surface area contributed by atoms with Crippen LogP contribution in [0.15, 0.2) is 59.1 Å². The lowest BCUT2D eigenvalue weighted by Crippen LogP contribution is -2.18. The molecule has 2 aromatic rings. The van der Waals surface area contributed by atoms with Crippen LogP contribution in [0, 0.1) is 5.92 Å². The van der Waals surface area contributed by atoms with Gasteiger partial charge in [0.15, 0.2) is 11.5 Å². The Labute approximate surface area is 166 Å². The van der Waals surface area contributed by atoms with E-state index in [1.165, 1.54) is 12.7 Å². The standard InChI is InChI=1S/C22H19BrO4/c1-13(22(24)25-2)17(9-14-7-8-19-20(10-14)27-12-26-19)21-16-6-4-3-5-15(16)11-18(21)23/h3-8,10,17H,1,9,11-12H2,2H3/t17-/m1/s1. The van der Waals surface area contributed by atoms with Crippen LogP contribution in [0.3, 0.4) is 0 Å². The number of hydrogen-bond donors (Lipinski definition) is 0. The summed E-state index contributed by atoms with van der Waals surface area (Å²) in [7, 11) is 1.39. The minimum Gasteiger partial charge on any atom is -0.466 e. The quantitative estimate of drug-likeness (QED) is 0.514. The summed E-state index contributed by atoms with van der Waals surface area (Å²) >= 11 is 3.73. The van der Waals surface area contributed by atoms with Crippen LogP contribution in [0.25, 0.3) is 5.57 Å². The number of allylic oxidation sites excluding steroid dienone is 2. The number of halogens is 1. The summed E-state index contributed by atoms with van der Waals surface area (Å²) in [6.45, 7) is 4.30. The number of carbonyl (C=O) groups excluding carboxylic acids is 1. The smallest absolute Gasteiger partial charge is 0.333 e. The number of hydrogen-bond acceptors (Lipinski definition) is 4. The number of rotatable bonds is 5. The highest BCUT2D eigenvalue weighted by molar-refractivity contribution is 9.11. The summed E-state index contributed by atoms with van der Waals surface area (Å²) in [6, 6.07) is 14.1. The molecule has 2 aliphatic rings. The Morgan fingerprint density at radius 1 is 1.22 bits per heavy atom. The number of esters is 1. The Morgan fingerprint density at radius 2 is 2.00 bits per heavy atom. The fraction of sp³-hybridized carbons (Fsp3) is 0.227. The van der Waals surface area contributed by atoms with Gasteiger partial charge in [-0.2, -0.15) is 0 Å². The highest BCUT2D eigenvalue weighted by atomic mass is 79.9. The van der Waals surface area contributed by atoms with Crippen LogP contribution in [0.1, 0.15) is 16.7 Å². The molecule has 2 aromatic carbocycles. The molecule has 5 heteroatoms. The van der Waals surface area contributed by atoms with E-state index in [0.717, 1.165) is 39.1 Å². The van der Waals surface area contributed by atoms with Gasteiger partial charge in [0.05, 0.1) is 7.11 Å². The molecule has 1 aliphatic heterocycles. The summed E-state index contributed by atoms with van der Waals surface area (Å²) in [6.07, 6.45) is 1.43. The summed E-state index contributed by atoms with van der Waals surface area (Å²) in [5.74, 6) is 0.886. The summed E-state index contributed by atoms with van der Waals surface area (Å²) < 4.78 is 16.9. The summed E-state index contributed by atoms with van der Waals surface area (Å²) in [5, 5.41) is 0. The van der Waals surface area contributed by atoms with Crippen LogP contribution in [0.4, 0.5) is 0 Å². The molecule has 0 N–H and O–H groups in total. The van der Waals surface area contributed by atoms with Crippen molar-refractivity contribution in [1.82, 2.24) is 0 Å². The van der Waals surface area contributed by atoms with Gasteiger partial charge < -0.3 is 14.2 Å². The van der Waals surface area contributed by atoms with Gasteiger partial charge in [-0.15, -0.1) is 0 Å². The molecule has 1 heterocycles. The van der Waals surface area contributed by atoms with Crippen molar-refractivity contribution in [3.05, 3.63) is 75.8 Å². The van der Waals surface area contributed by atoms with Crippen molar-refractivity contribution in [1.29, 1.82) is 0 Å². The minimum atomic E-state index is -0.391. The maximum atomic E-state index is 12.3. The molecule has 0 spiro atoms. The molecule has 0 aromatic heterocycles. The molecule has 1 aliphatic carbocycles. The monoisotopic (exact) mass is 426 g/mol. The van der Waals surface area contributed by atoms with Crippen LogP contribution in [-0.2, 0) is 22.4 Å². The lowest BCUT2D eigenvalue weighted by Gasteiger charge is -2.22. The molecular formula is C22H19BrO4. The molecule has 138 valence electrons. The predicted octanol–water partition coefficient (Wildman–Crippen LogP) is 4.67. The summed E-state index contributed by atoms with van der Waals surface area (Å²) in [5.41, 5.74) is 4.98. The predicted molar refractivity (Wildman–Crippen MR) is 107 cm³/mol. The van der Waals surface area contributed by atoms with E-state index >= 15 is 0 Å². The second kappa shape index (κ2) is 7.24. The molecule has 0 saturated heterocycles. The first-order chi connectivity index (χ1) is 13.1. The Morgan fingerprint density at radius 3 is 2.81 bits per heavy atom. The molecule has 1 atom stereocenters. The third kappa shape index (κ3) is 3.28. The zero-order chi connectivity index (χ0) is 19.0. The third-order valence-corrected chi connectivity index (χ3v) is 5.75. The van der Waals surface area contributed by atoms with E-state index in [9.17, 15) is 4.79 Å². The van der Waals surface area contributed by atoms with Gasteiger partial charge in [-0.3, -0.25) is 0 Å². The topological polar surface area (TPSA) is 44.8 Å². The van der Waals surface area contributed by atoms with Gasteiger partial charge in [-0.05, 0) is 40.8 Å². The molecule has 4 nitrogen and oxygen atoms in total. The fourth-order valence-corrected chi connectivity index (χ4v) is 4.49. The number of ether oxygens (including phenoxy) is 3. The van der Waals surface area contributed by atoms with Gasteiger partial charge in [-0.25, -0.2) is 4.79 Å². The van der Waals surface area contributed by atoms with E-state index in [0.29, 0.717) is 12.0 Å². The SMILES string of the molecule is C=C(C(=O)OC)[C@@H](Cc1ccc2c(c1)OCO2)C1=C(Br)Cc2ccccc21. The maximum absolute atomic E-state index is 12.3. The number of methoxy groups -OCH3 is 1. The zero-order valence-corrected chi connectivity index (χ0v) is 16.5. The average molecular weight is 427 g/mol. The largest absolute Gasteiger partial charge is 0.466 e. The van der Waals surface area contributed by atoms with Gasteiger partial charge in [0, 0.05) is 22.4 Å². The second-order valence-corrected chi connectivity index (χ2v) is 7.57. The molecule has 0 radical (unpaired) electrons. The van der Waals surface area contributed by atoms with Gasteiger partial charge in [-0.1, -0.05) is 52.8 Å². The maximum Gasteiger partial charge on any atom is 0.333 e. The van der Waals surface area contributed by atoms with Crippen molar-refractivity contribution in [3.8, 4) is 11.5 Å². The molecule has 0 saturated carbocycles. The third-order valence-electron chi connectivity index (χ3n) is 5.04. The molecule has 0 unspecified atom stereocenters. The van der Waals surface area contributed by atoms with Gasteiger partial charge in [0.25, 0.3) is 0 Å². The Balaban J connectivity index is 1.73. The van der Waals surface area contributed by atoms with Gasteiger partial charge in [0.1, 0.15) is 0 Å². The number of benzene rings is 2. The van der Waals surface area contributed by atoms with Crippen molar-refractivity contribution in [3.63, 3.8) is 0 Å². The van der Waals surface area contributed by atoms with Crippen molar-refractivity contribution >= 4 is 27.5 Å². The first-order valence-corrected chi connectivity index (χ1v) is 9.50. The lowest BCUT2D eigenvalue weighted by molar-refractivity contribution is -0.136. The minimum absolute atomic E-state index is 0.198. The molecule has 0 fully saturated rings. The highest BCUT2D eigenvalue weighted by Crippen LogP contribution is 2.44. The van der Waals surface area contributed by atoms with Crippen molar-refractivity contribution < 1.29 is 19.0 Å². The highest BCUT2D eigenvalue weighted by Gasteiger charge is 2.31. The van der Waals surface area contributed by atoms with Gasteiger partial charge >= 0.3 is 5.97 Å². The van der Waals surface area contributed by atoms with Crippen LogP contribution in [0.2, 0.25) is 0 Å². The van der Waals surface area contributed by atoms with E-state index in [2.05, 4.69) is 34.6 Å². The van der Waals surface area contributed by atoms with E-state index in [1.54, 1.807) is 0 Å². The molecule has 27 heavy (non-hydrogen) atoms. The van der Waals surface area contributed by atoms with Crippen molar-refractivity contribution in [2.24, 2.45) is 5.92 Å². The van der Waals surface area contributed by atoms with Crippen molar-refractivity contribution in [2.75, 3.05) is 13.9 Å². The normalized spacial score (nSPS) is 15.5. The Kier molecular flexibility index (Phi) is 4.79. The van der Waals surface area contributed by atoms with E-state index in [4.69, 9.17) is 14.2 Å². The van der Waals surface area contributed by atoms with Crippen LogP contribution in [0.5, 0.6) is 11.5 Å². The van der Waals surface area contributed by atoms with Gasteiger partial charge in [0.2, 0.25) is 6.79 Å². The first kappa shape index (κ1) is 17.9. The lowest BCUT2D eigenvalue weighted by atomic mass is 9.83. The molecule has 4 rings (SSSR count). The zero-order valence-electron chi connectivity index (χ0n) is 15.0. The van der Waals surface area contributed by atoms with Crippen LogP contribution >= 0.6 is 15.9 Å². The molecular weight excluding hydrogens is 408 g/mol. The van der Waals surface area contributed by atoms with Crippen LogP contribution in [-0.4, -0.2) is 19.9 Å². The fourth-order valence-electron chi connectivity index (χ4n) is 3.70. The number of carbonyl (C=O) groups is 1. The Bertz CT molecular complexity index is 961. The van der Waals surface area contributed by atoms with Crippen molar-refractivity contribution in [2.45, 2.75) is 12.8 Å². The molecule has 0 bridgehead atoms. The summed E-state index contributed by atoms with van der Waals surface area (Å²) in [4.78, 5) is 12.3.